The van der Waals surface area contributed by atoms with E-state index in [9.17, 15) is 13.2 Å². The highest BCUT2D eigenvalue weighted by molar-refractivity contribution is 7.92. The van der Waals surface area contributed by atoms with Crippen molar-refractivity contribution in [1.82, 2.24) is 5.32 Å². The summed E-state index contributed by atoms with van der Waals surface area (Å²) < 4.78 is 31.7. The van der Waals surface area contributed by atoms with Crippen LogP contribution in [0, 0.1) is 0 Å². The van der Waals surface area contributed by atoms with Crippen molar-refractivity contribution in [1.29, 1.82) is 0 Å². The Balaban J connectivity index is 2.30. The summed E-state index contributed by atoms with van der Waals surface area (Å²) in [4.78, 5) is 12.2. The van der Waals surface area contributed by atoms with Crippen molar-refractivity contribution < 1.29 is 17.9 Å². The first kappa shape index (κ1) is 18.5. The quantitative estimate of drug-likeness (QED) is 0.770. The maximum atomic E-state index is 12.8. The van der Waals surface area contributed by atoms with Crippen molar-refractivity contribution in [2.24, 2.45) is 0 Å². The van der Waals surface area contributed by atoms with Crippen LogP contribution in [0.5, 0.6) is 5.75 Å². The fraction of sp³-hybridized carbons (Fsp3) is 0.167. The predicted octanol–water partition coefficient (Wildman–Crippen LogP) is 2.44. The zero-order valence-electron chi connectivity index (χ0n) is 14.1. The SMILES string of the molecule is C=CCNC(=O)c1cccc(N(C)S(=O)(=O)c2ccc(OC)cc2)c1. The summed E-state index contributed by atoms with van der Waals surface area (Å²) in [5.41, 5.74) is 0.762. The molecule has 0 aromatic heterocycles. The van der Waals surface area contributed by atoms with Gasteiger partial charge in [0.05, 0.1) is 17.7 Å². The molecule has 0 aliphatic rings. The molecule has 0 heterocycles. The van der Waals surface area contributed by atoms with Gasteiger partial charge in [0.15, 0.2) is 0 Å². The maximum Gasteiger partial charge on any atom is 0.264 e. The number of methoxy groups -OCH3 is 1. The van der Waals surface area contributed by atoms with E-state index in [0.717, 1.165) is 4.31 Å². The molecule has 7 heteroatoms. The van der Waals surface area contributed by atoms with E-state index in [1.54, 1.807) is 36.4 Å². The minimum Gasteiger partial charge on any atom is -0.497 e. The molecule has 132 valence electrons. The number of anilines is 1. The van der Waals surface area contributed by atoms with Crippen LogP contribution in [0.1, 0.15) is 10.4 Å². The second-order valence-corrected chi connectivity index (χ2v) is 7.17. The van der Waals surface area contributed by atoms with E-state index in [4.69, 9.17) is 4.74 Å². The van der Waals surface area contributed by atoms with E-state index in [0.29, 0.717) is 23.5 Å². The van der Waals surface area contributed by atoms with Gasteiger partial charge in [-0.2, -0.15) is 0 Å². The predicted molar refractivity (Wildman–Crippen MR) is 97.6 cm³/mol. The Kier molecular flexibility index (Phi) is 5.82. The van der Waals surface area contributed by atoms with E-state index < -0.39 is 10.0 Å². The number of amides is 1. The number of nitrogens with zero attached hydrogens (tertiary/aromatic N) is 1. The number of hydrogen-bond acceptors (Lipinski definition) is 4. The molecule has 2 aromatic rings. The Labute approximate surface area is 147 Å². The molecule has 0 radical (unpaired) electrons. The Morgan fingerprint density at radius 3 is 2.52 bits per heavy atom. The number of rotatable bonds is 7. The number of hydrogen-bond donors (Lipinski definition) is 1. The van der Waals surface area contributed by atoms with Gasteiger partial charge in [-0.05, 0) is 42.5 Å². The lowest BCUT2D eigenvalue weighted by atomic mass is 10.2. The summed E-state index contributed by atoms with van der Waals surface area (Å²) in [6.45, 7) is 3.88. The van der Waals surface area contributed by atoms with Crippen LogP contribution in [0.3, 0.4) is 0 Å². The summed E-state index contributed by atoms with van der Waals surface area (Å²) in [7, 11) is -0.789. The highest BCUT2D eigenvalue weighted by Crippen LogP contribution is 2.24. The molecule has 2 aromatic carbocycles. The van der Waals surface area contributed by atoms with Crippen molar-refractivity contribution in [2.75, 3.05) is 25.0 Å². The fourth-order valence-electron chi connectivity index (χ4n) is 2.15. The van der Waals surface area contributed by atoms with Gasteiger partial charge in [-0.3, -0.25) is 9.10 Å². The molecule has 0 atom stereocenters. The second kappa shape index (κ2) is 7.85. The van der Waals surface area contributed by atoms with Gasteiger partial charge in [-0.1, -0.05) is 12.1 Å². The molecule has 0 saturated carbocycles. The summed E-state index contributed by atoms with van der Waals surface area (Å²) in [6.07, 6.45) is 1.57. The molecular weight excluding hydrogens is 340 g/mol. The Morgan fingerprint density at radius 1 is 1.24 bits per heavy atom. The molecular formula is C18H20N2O4S. The summed E-state index contributed by atoms with van der Waals surface area (Å²) in [5.74, 6) is 0.277. The number of carbonyl (C=O) groups excluding carboxylic acids is 1. The topological polar surface area (TPSA) is 75.7 Å². The Morgan fingerprint density at radius 2 is 1.92 bits per heavy atom. The molecule has 0 unspecified atom stereocenters. The van der Waals surface area contributed by atoms with Crippen molar-refractivity contribution in [3.05, 3.63) is 66.7 Å². The van der Waals surface area contributed by atoms with Gasteiger partial charge < -0.3 is 10.1 Å². The van der Waals surface area contributed by atoms with Crippen LogP contribution in [-0.2, 0) is 10.0 Å². The largest absolute Gasteiger partial charge is 0.497 e. The van der Waals surface area contributed by atoms with Gasteiger partial charge in [0.2, 0.25) is 0 Å². The fourth-order valence-corrected chi connectivity index (χ4v) is 3.34. The van der Waals surface area contributed by atoms with Gasteiger partial charge in [0.25, 0.3) is 15.9 Å². The lowest BCUT2D eigenvalue weighted by Crippen LogP contribution is -2.27. The van der Waals surface area contributed by atoms with Gasteiger partial charge in [0.1, 0.15) is 5.75 Å². The van der Waals surface area contributed by atoms with E-state index >= 15 is 0 Å². The number of benzene rings is 2. The average Bonchev–Trinajstić information content (AvgIpc) is 2.65. The van der Waals surface area contributed by atoms with Gasteiger partial charge in [-0.25, -0.2) is 8.42 Å². The minimum atomic E-state index is -3.75. The number of ether oxygens (including phenoxy) is 1. The second-order valence-electron chi connectivity index (χ2n) is 5.20. The third kappa shape index (κ3) is 4.19. The molecule has 0 aliphatic heterocycles. The molecule has 1 amide bonds. The molecule has 6 nitrogen and oxygen atoms in total. The van der Waals surface area contributed by atoms with Crippen LogP contribution >= 0.6 is 0 Å². The molecule has 25 heavy (non-hydrogen) atoms. The lowest BCUT2D eigenvalue weighted by Gasteiger charge is -2.20. The smallest absolute Gasteiger partial charge is 0.264 e. The summed E-state index contributed by atoms with van der Waals surface area (Å²) in [6, 6.07) is 12.5. The van der Waals surface area contributed by atoms with Crippen LogP contribution in [0.15, 0.2) is 66.1 Å². The molecule has 0 aliphatic carbocycles. The van der Waals surface area contributed by atoms with Crippen LogP contribution in [0.4, 0.5) is 5.69 Å². The normalized spacial score (nSPS) is 10.8. The standard InChI is InChI=1S/C18H20N2O4S/c1-4-12-19-18(21)14-6-5-7-15(13-14)20(2)25(22,23)17-10-8-16(24-3)9-11-17/h4-11,13H,1,12H2,2-3H3,(H,19,21). The van der Waals surface area contributed by atoms with E-state index in [1.165, 1.54) is 32.4 Å². The number of nitrogens with one attached hydrogen (secondary N) is 1. The molecule has 0 fully saturated rings. The molecule has 0 bridgehead atoms. The van der Waals surface area contributed by atoms with Crippen molar-refractivity contribution in [2.45, 2.75) is 4.90 Å². The van der Waals surface area contributed by atoms with Crippen LogP contribution in [-0.4, -0.2) is 35.0 Å². The molecule has 0 spiro atoms. The highest BCUT2D eigenvalue weighted by Gasteiger charge is 2.22. The summed E-state index contributed by atoms with van der Waals surface area (Å²) in [5, 5.41) is 2.66. The Bertz CT molecular complexity index is 861. The van der Waals surface area contributed by atoms with Crippen LogP contribution in [0.25, 0.3) is 0 Å². The minimum absolute atomic E-state index is 0.136. The third-order valence-corrected chi connectivity index (χ3v) is 5.40. The summed E-state index contributed by atoms with van der Waals surface area (Å²) >= 11 is 0. The van der Waals surface area contributed by atoms with Crippen LogP contribution < -0.4 is 14.4 Å². The van der Waals surface area contributed by atoms with Crippen molar-refractivity contribution in [3.8, 4) is 5.75 Å². The first-order chi connectivity index (χ1) is 11.9. The molecule has 2 rings (SSSR count). The number of sulfonamides is 1. The third-order valence-electron chi connectivity index (χ3n) is 3.60. The molecule has 0 saturated heterocycles. The first-order valence-electron chi connectivity index (χ1n) is 7.52. The van der Waals surface area contributed by atoms with Gasteiger partial charge >= 0.3 is 0 Å². The van der Waals surface area contributed by atoms with E-state index in [-0.39, 0.29) is 10.8 Å². The lowest BCUT2D eigenvalue weighted by molar-refractivity contribution is 0.0958. The van der Waals surface area contributed by atoms with Crippen LogP contribution in [0.2, 0.25) is 0 Å². The van der Waals surface area contributed by atoms with E-state index in [1.807, 2.05) is 0 Å². The maximum absolute atomic E-state index is 12.8. The Hall–Kier alpha value is -2.80. The zero-order valence-corrected chi connectivity index (χ0v) is 14.9. The van der Waals surface area contributed by atoms with Crippen molar-refractivity contribution >= 4 is 21.6 Å². The van der Waals surface area contributed by atoms with E-state index in [2.05, 4.69) is 11.9 Å². The zero-order chi connectivity index (χ0) is 18.4. The number of carbonyl (C=O) groups is 1. The molecule has 1 N–H and O–H groups in total. The first-order valence-corrected chi connectivity index (χ1v) is 8.96. The van der Waals surface area contributed by atoms with Gasteiger partial charge in [-0.15, -0.1) is 6.58 Å². The van der Waals surface area contributed by atoms with Gasteiger partial charge in [0, 0.05) is 19.2 Å². The van der Waals surface area contributed by atoms with Crippen molar-refractivity contribution in [3.63, 3.8) is 0 Å². The monoisotopic (exact) mass is 360 g/mol. The highest BCUT2D eigenvalue weighted by atomic mass is 32.2. The average molecular weight is 360 g/mol.